The van der Waals surface area contributed by atoms with Crippen molar-refractivity contribution in [3.8, 4) is 22.9 Å². The Morgan fingerprint density at radius 2 is 1.80 bits per heavy atom. The first-order chi connectivity index (χ1) is 19.2. The molecule has 1 amide bonds. The molecule has 40 heavy (non-hydrogen) atoms. The van der Waals surface area contributed by atoms with E-state index in [-0.39, 0.29) is 5.91 Å². The summed E-state index contributed by atoms with van der Waals surface area (Å²) >= 11 is 0. The zero-order chi connectivity index (χ0) is 28.1. The zero-order valence-corrected chi connectivity index (χ0v) is 24.8. The molecular weight excluding hydrogens is 520 g/mol. The molecule has 3 aromatic heterocycles. The number of pyridine rings is 2. The number of amides is 1. The number of hydrogen-bond donors (Lipinski definition) is 0. The van der Waals surface area contributed by atoms with Gasteiger partial charge in [0.05, 0.1) is 11.2 Å². The van der Waals surface area contributed by atoms with Gasteiger partial charge in [0, 0.05) is 96.0 Å². The van der Waals surface area contributed by atoms with Crippen molar-refractivity contribution in [2.75, 3.05) is 32.8 Å². The van der Waals surface area contributed by atoms with Crippen molar-refractivity contribution in [3.05, 3.63) is 66.6 Å². The van der Waals surface area contributed by atoms with Gasteiger partial charge in [-0.25, -0.2) is 9.67 Å². The third-order valence-electron chi connectivity index (χ3n) is 7.12. The van der Waals surface area contributed by atoms with Crippen LogP contribution in [0.5, 0.6) is 11.6 Å². The van der Waals surface area contributed by atoms with E-state index in [0.29, 0.717) is 18.4 Å². The summed E-state index contributed by atoms with van der Waals surface area (Å²) in [6.07, 6.45) is 5.50. The van der Waals surface area contributed by atoms with E-state index in [1.54, 1.807) is 19.3 Å². The maximum Gasteiger partial charge on any atom is 0.219 e. The van der Waals surface area contributed by atoms with E-state index in [9.17, 15) is 4.79 Å². The van der Waals surface area contributed by atoms with E-state index in [1.807, 2.05) is 52.2 Å². The number of hydrogen-bond acceptors (Lipinski definition) is 7. The second kappa shape index (κ2) is 12.3. The Hall–Kier alpha value is -3.60. The van der Waals surface area contributed by atoms with Gasteiger partial charge in [-0.15, -0.1) is 0 Å². The lowest BCUT2D eigenvalue weighted by atomic mass is 10.1. The van der Waals surface area contributed by atoms with Crippen LogP contribution in [-0.2, 0) is 22.8 Å². The van der Waals surface area contributed by atoms with Crippen LogP contribution in [0.1, 0.15) is 12.5 Å². The average molecular weight is 559 g/mol. The Morgan fingerprint density at radius 3 is 2.52 bits per heavy atom. The van der Waals surface area contributed by atoms with E-state index in [0.717, 1.165) is 73.1 Å². The lowest BCUT2D eigenvalue weighted by molar-refractivity contribution is -0.130. The molecular formula is C30H38N6O3Si. The van der Waals surface area contributed by atoms with Crippen molar-refractivity contribution in [1.82, 2.24) is 29.5 Å². The lowest BCUT2D eigenvalue weighted by Crippen LogP contribution is -2.47. The van der Waals surface area contributed by atoms with Crippen molar-refractivity contribution in [3.63, 3.8) is 0 Å². The van der Waals surface area contributed by atoms with Crippen molar-refractivity contribution >= 4 is 24.9 Å². The topological polar surface area (TPSA) is 85.6 Å². The maximum absolute atomic E-state index is 11.6. The second-order valence-electron chi connectivity index (χ2n) is 11.5. The highest BCUT2D eigenvalue weighted by Gasteiger charge is 2.19. The minimum atomic E-state index is -1.12. The fourth-order valence-corrected chi connectivity index (χ4v) is 5.46. The Bertz CT molecular complexity index is 1440. The molecule has 0 radical (unpaired) electrons. The summed E-state index contributed by atoms with van der Waals surface area (Å²) in [7, 11) is -1.12. The van der Waals surface area contributed by atoms with Crippen molar-refractivity contribution in [1.29, 1.82) is 0 Å². The van der Waals surface area contributed by atoms with Gasteiger partial charge in [-0.2, -0.15) is 5.10 Å². The van der Waals surface area contributed by atoms with Gasteiger partial charge in [-0.3, -0.25) is 14.7 Å². The first-order valence-electron chi connectivity index (χ1n) is 13.8. The monoisotopic (exact) mass is 558 g/mol. The van der Waals surface area contributed by atoms with Gasteiger partial charge in [0.2, 0.25) is 11.8 Å². The van der Waals surface area contributed by atoms with Crippen LogP contribution in [0, 0.1) is 0 Å². The molecule has 0 bridgehead atoms. The summed E-state index contributed by atoms with van der Waals surface area (Å²) in [5.41, 5.74) is 3.94. The molecule has 10 heteroatoms. The highest BCUT2D eigenvalue weighted by atomic mass is 28.3. The number of ether oxygens (including phenoxy) is 2. The van der Waals surface area contributed by atoms with E-state index in [1.165, 1.54) is 0 Å². The molecule has 4 heterocycles. The normalized spacial score (nSPS) is 14.6. The van der Waals surface area contributed by atoms with Crippen LogP contribution >= 0.6 is 0 Å². The molecule has 5 rings (SSSR count). The van der Waals surface area contributed by atoms with Crippen LogP contribution in [0.4, 0.5) is 0 Å². The molecule has 0 N–H and O–H groups in total. The van der Waals surface area contributed by atoms with Gasteiger partial charge < -0.3 is 14.4 Å². The quantitative estimate of drug-likeness (QED) is 0.194. The summed E-state index contributed by atoms with van der Waals surface area (Å²) in [5, 5.41) is 5.48. The van der Waals surface area contributed by atoms with Gasteiger partial charge in [-0.05, 0) is 41.9 Å². The Labute approximate surface area is 236 Å². The Kier molecular flexibility index (Phi) is 8.58. The number of carbonyl (C=O) groups excluding carboxylic acids is 1. The van der Waals surface area contributed by atoms with Gasteiger partial charge >= 0.3 is 0 Å². The van der Waals surface area contributed by atoms with Crippen molar-refractivity contribution in [2.45, 2.75) is 45.9 Å². The molecule has 0 spiro atoms. The smallest absolute Gasteiger partial charge is 0.219 e. The van der Waals surface area contributed by atoms with E-state index < -0.39 is 8.07 Å². The van der Waals surface area contributed by atoms with Crippen LogP contribution in [0.15, 0.2) is 61.1 Å². The fraction of sp³-hybridized carbons (Fsp3) is 0.400. The molecule has 0 saturated carbocycles. The summed E-state index contributed by atoms with van der Waals surface area (Å²) in [5.74, 6) is 1.35. The fourth-order valence-electron chi connectivity index (χ4n) is 4.70. The first kappa shape index (κ1) is 27.9. The van der Waals surface area contributed by atoms with Crippen LogP contribution in [0.3, 0.4) is 0 Å². The summed E-state index contributed by atoms with van der Waals surface area (Å²) in [6.45, 7) is 14.0. The number of benzene rings is 1. The van der Waals surface area contributed by atoms with Crippen LogP contribution in [0.2, 0.25) is 25.7 Å². The van der Waals surface area contributed by atoms with Crippen molar-refractivity contribution in [2.24, 2.45) is 0 Å². The largest absolute Gasteiger partial charge is 0.439 e. The molecule has 0 atom stereocenters. The third-order valence-corrected chi connectivity index (χ3v) is 8.82. The SMILES string of the molecule is CC(=O)N1CCN(Cc2cnc3cc(Oc4ccc(-c5ccnn5COCC[Si](C)(C)C)cn4)ccc3c2)CC1. The van der Waals surface area contributed by atoms with E-state index in [2.05, 4.69) is 45.7 Å². The van der Waals surface area contributed by atoms with E-state index in [4.69, 9.17) is 9.47 Å². The zero-order valence-electron chi connectivity index (χ0n) is 23.8. The number of rotatable bonds is 10. The summed E-state index contributed by atoms with van der Waals surface area (Å²) in [6, 6.07) is 15.0. The van der Waals surface area contributed by atoms with Crippen LogP contribution in [0.25, 0.3) is 22.2 Å². The predicted molar refractivity (Wildman–Crippen MR) is 159 cm³/mol. The molecule has 0 unspecified atom stereocenters. The molecule has 9 nitrogen and oxygen atoms in total. The summed E-state index contributed by atoms with van der Waals surface area (Å²) in [4.78, 5) is 25.0. The standard InChI is InChI=1S/C30H38N6O3Si/c1-23(37)35-13-11-34(12-14-35)21-24-17-25-5-7-27(18-28(25)31-19-24)39-30-8-6-26(20-32-30)29-9-10-33-36(29)22-38-15-16-40(2,3)4/h5-10,17-20H,11-16,21-22H2,1-4H3. The Balaban J connectivity index is 1.18. The highest BCUT2D eigenvalue weighted by molar-refractivity contribution is 6.76. The second-order valence-corrected chi connectivity index (χ2v) is 17.2. The molecule has 4 aromatic rings. The molecule has 210 valence electrons. The summed E-state index contributed by atoms with van der Waals surface area (Å²) < 4.78 is 13.8. The predicted octanol–water partition coefficient (Wildman–Crippen LogP) is 5.26. The minimum Gasteiger partial charge on any atom is -0.439 e. The number of nitrogens with zero attached hydrogens (tertiary/aromatic N) is 6. The maximum atomic E-state index is 11.6. The van der Waals surface area contributed by atoms with Gasteiger partial charge in [-0.1, -0.05) is 19.6 Å². The number of piperazine rings is 1. The van der Waals surface area contributed by atoms with E-state index >= 15 is 0 Å². The van der Waals surface area contributed by atoms with Crippen molar-refractivity contribution < 1.29 is 14.3 Å². The van der Waals surface area contributed by atoms with Crippen LogP contribution < -0.4 is 4.74 Å². The Morgan fingerprint density at radius 1 is 0.975 bits per heavy atom. The van der Waals surface area contributed by atoms with Crippen LogP contribution in [-0.4, -0.2) is 76.3 Å². The number of carbonyl (C=O) groups is 1. The first-order valence-corrected chi connectivity index (χ1v) is 17.5. The molecule has 0 aliphatic carbocycles. The lowest BCUT2D eigenvalue weighted by Gasteiger charge is -2.34. The van der Waals surface area contributed by atoms with Gasteiger partial charge in [0.15, 0.2) is 0 Å². The van der Waals surface area contributed by atoms with Gasteiger partial charge in [0.25, 0.3) is 0 Å². The molecule has 1 saturated heterocycles. The molecule has 1 aliphatic rings. The molecule has 1 aliphatic heterocycles. The number of fused-ring (bicyclic) bond motifs is 1. The molecule has 1 aromatic carbocycles. The third kappa shape index (κ3) is 7.32. The highest BCUT2D eigenvalue weighted by Crippen LogP contribution is 2.26. The average Bonchev–Trinajstić information content (AvgIpc) is 3.40. The number of aromatic nitrogens is 4. The minimum absolute atomic E-state index is 0.150. The molecule has 1 fully saturated rings. The van der Waals surface area contributed by atoms with Gasteiger partial charge in [0.1, 0.15) is 12.5 Å².